The number of benzene rings is 2. The van der Waals surface area contributed by atoms with Crippen molar-refractivity contribution < 1.29 is 50.3 Å². The van der Waals surface area contributed by atoms with Crippen molar-refractivity contribution in [3.05, 3.63) is 70.3 Å². The molecule has 4 rings (SSSR count). The number of hydrogen-bond acceptors (Lipinski definition) is 7. The predicted octanol–water partition coefficient (Wildman–Crippen LogP) is 7.27. The molecule has 2 heterocycles. The Hall–Kier alpha value is -2.85. The molecule has 2 aliphatic rings. The van der Waals surface area contributed by atoms with E-state index in [2.05, 4.69) is 20.9 Å². The summed E-state index contributed by atoms with van der Waals surface area (Å²) in [5.41, 5.74) is -2.30. The van der Waals surface area contributed by atoms with Crippen molar-refractivity contribution in [2.75, 3.05) is 39.3 Å². The third-order valence-electron chi connectivity index (χ3n) is 8.07. The van der Waals surface area contributed by atoms with Gasteiger partial charge in [-0.15, -0.1) is 12.4 Å². The lowest BCUT2D eigenvalue weighted by Gasteiger charge is -2.31. The summed E-state index contributed by atoms with van der Waals surface area (Å²) in [7, 11) is 0. The standard InChI is InChI=1S/C15H18F4N2O.C15H17F4NO.ClH.H3NO/c1-2-21-7-5-10(6-8-21)14(20-22)12-4-3-11(9-13(12)16)15(17,18)19;1-2-20-7-5-10(6-8-20)14(21)12-4-3-11(9-13(12)16)15(17,18)19;;1-2/h3-4,9-10,22H,2,5-8H2,1H3;3-4,9-10H,2,5-8H2,1H3;1H;2H,1H2/b20-14+;;;. The Morgan fingerprint density at radius 1 is 0.761 bits per heavy atom. The van der Waals surface area contributed by atoms with Crippen LogP contribution < -0.4 is 5.90 Å². The van der Waals surface area contributed by atoms with Crippen molar-refractivity contribution >= 4 is 23.9 Å². The average Bonchev–Trinajstić information content (AvgIpc) is 3.02. The van der Waals surface area contributed by atoms with Crippen LogP contribution in [0.25, 0.3) is 0 Å². The van der Waals surface area contributed by atoms with Crippen molar-refractivity contribution in [3.8, 4) is 0 Å². The fourth-order valence-electron chi connectivity index (χ4n) is 5.40. The van der Waals surface area contributed by atoms with E-state index >= 15 is 0 Å². The number of halogens is 9. The Labute approximate surface area is 268 Å². The SMILES string of the molecule is CCN1CCC(/C(=N\O)c2ccc(C(F)(F)F)cc2F)CC1.CCN1CCC(C(=O)c2ccc(C(F)(F)F)cc2F)CC1.Cl.NO. The molecule has 0 amide bonds. The van der Waals surface area contributed by atoms with E-state index in [1.807, 2.05) is 13.8 Å². The molecule has 16 heteroatoms. The Morgan fingerprint density at radius 3 is 1.46 bits per heavy atom. The number of carbonyl (C=O) groups is 1. The molecule has 0 unspecified atom stereocenters. The topological polar surface area (TPSA) is 102 Å². The van der Waals surface area contributed by atoms with Crippen molar-refractivity contribution in [2.24, 2.45) is 22.9 Å². The van der Waals surface area contributed by atoms with Gasteiger partial charge >= 0.3 is 12.4 Å². The summed E-state index contributed by atoms with van der Waals surface area (Å²) in [6.07, 6.45) is -6.58. The van der Waals surface area contributed by atoms with Crippen LogP contribution in [0, 0.1) is 23.5 Å². The maximum absolute atomic E-state index is 14.0. The monoisotopic (exact) mass is 690 g/mol. The first-order valence-electron chi connectivity index (χ1n) is 14.4. The van der Waals surface area contributed by atoms with E-state index in [0.29, 0.717) is 37.8 Å². The fraction of sp³-hybridized carbons (Fsp3) is 0.533. The molecule has 4 N–H and O–H groups in total. The smallest absolute Gasteiger partial charge is 0.411 e. The molecule has 0 aromatic heterocycles. The van der Waals surface area contributed by atoms with Gasteiger partial charge in [0.1, 0.15) is 11.6 Å². The summed E-state index contributed by atoms with van der Waals surface area (Å²) in [6, 6.07) is 4.41. The van der Waals surface area contributed by atoms with Crippen LogP contribution in [-0.2, 0) is 12.4 Å². The average molecular weight is 691 g/mol. The van der Waals surface area contributed by atoms with Crippen LogP contribution in [0.2, 0.25) is 0 Å². The lowest BCUT2D eigenvalue weighted by atomic mass is 9.87. The fourth-order valence-corrected chi connectivity index (χ4v) is 5.40. The molecule has 46 heavy (non-hydrogen) atoms. The number of nitrogens with zero attached hydrogens (tertiary/aromatic N) is 3. The number of likely N-dealkylation sites (tertiary alicyclic amines) is 2. The summed E-state index contributed by atoms with van der Waals surface area (Å²) >= 11 is 0. The van der Waals surface area contributed by atoms with Crippen molar-refractivity contribution in [1.29, 1.82) is 0 Å². The van der Waals surface area contributed by atoms with Gasteiger partial charge < -0.3 is 20.2 Å². The first-order valence-corrected chi connectivity index (χ1v) is 14.4. The van der Waals surface area contributed by atoms with Gasteiger partial charge in [0.25, 0.3) is 0 Å². The summed E-state index contributed by atoms with van der Waals surface area (Å²) in [5, 5.41) is 18.9. The van der Waals surface area contributed by atoms with Gasteiger partial charge in [-0.3, -0.25) is 4.79 Å². The van der Waals surface area contributed by atoms with Gasteiger partial charge in [0.2, 0.25) is 0 Å². The van der Waals surface area contributed by atoms with E-state index in [-0.39, 0.29) is 41.1 Å². The second-order valence-electron chi connectivity index (χ2n) is 10.7. The molecule has 260 valence electrons. The third-order valence-corrected chi connectivity index (χ3v) is 8.07. The second-order valence-corrected chi connectivity index (χ2v) is 10.7. The van der Waals surface area contributed by atoms with E-state index in [1.165, 1.54) is 0 Å². The van der Waals surface area contributed by atoms with Crippen molar-refractivity contribution in [1.82, 2.24) is 9.80 Å². The summed E-state index contributed by atoms with van der Waals surface area (Å²) in [6.45, 7) is 8.98. The lowest BCUT2D eigenvalue weighted by molar-refractivity contribution is -0.138. The van der Waals surface area contributed by atoms with Gasteiger partial charge in [-0.2, -0.15) is 26.3 Å². The first kappa shape index (κ1) is 41.2. The van der Waals surface area contributed by atoms with Crippen LogP contribution in [0.3, 0.4) is 0 Å². The Morgan fingerprint density at radius 2 is 1.13 bits per heavy atom. The van der Waals surface area contributed by atoms with Crippen LogP contribution >= 0.6 is 12.4 Å². The van der Waals surface area contributed by atoms with E-state index < -0.39 is 40.9 Å². The Kier molecular flexibility index (Phi) is 16.5. The van der Waals surface area contributed by atoms with Gasteiger partial charge in [0, 0.05) is 17.4 Å². The van der Waals surface area contributed by atoms with Crippen LogP contribution in [0.4, 0.5) is 35.1 Å². The third kappa shape index (κ3) is 11.1. The van der Waals surface area contributed by atoms with Gasteiger partial charge in [0.15, 0.2) is 5.78 Å². The summed E-state index contributed by atoms with van der Waals surface area (Å²) in [4.78, 5) is 16.6. The number of rotatable bonds is 6. The molecule has 2 aromatic carbocycles. The van der Waals surface area contributed by atoms with Crippen LogP contribution in [-0.4, -0.2) is 71.0 Å². The van der Waals surface area contributed by atoms with Gasteiger partial charge in [-0.1, -0.05) is 19.0 Å². The minimum Gasteiger partial charge on any atom is -0.411 e. The molecule has 2 fully saturated rings. The molecule has 0 atom stereocenters. The highest BCUT2D eigenvalue weighted by Crippen LogP contribution is 2.33. The minimum absolute atomic E-state index is 0. The molecule has 7 nitrogen and oxygen atoms in total. The largest absolute Gasteiger partial charge is 0.416 e. The number of alkyl halides is 6. The van der Waals surface area contributed by atoms with E-state index in [4.69, 9.17) is 5.21 Å². The van der Waals surface area contributed by atoms with Gasteiger partial charge in [-0.25, -0.2) is 14.7 Å². The highest BCUT2D eigenvalue weighted by Gasteiger charge is 2.34. The maximum atomic E-state index is 14.0. The van der Waals surface area contributed by atoms with Crippen LogP contribution in [0.1, 0.15) is 66.6 Å². The molecule has 0 saturated carbocycles. The normalized spacial score (nSPS) is 17.3. The molecule has 0 radical (unpaired) electrons. The zero-order chi connectivity index (χ0) is 33.9. The molecule has 2 saturated heterocycles. The van der Waals surface area contributed by atoms with E-state index in [0.717, 1.165) is 63.5 Å². The minimum atomic E-state index is -4.60. The van der Waals surface area contributed by atoms with Crippen LogP contribution in [0.5, 0.6) is 0 Å². The van der Waals surface area contributed by atoms with Gasteiger partial charge in [-0.05, 0) is 101 Å². The second kappa shape index (κ2) is 18.5. The number of oxime groups is 1. The highest BCUT2D eigenvalue weighted by atomic mass is 35.5. The Bertz CT molecular complexity index is 1280. The number of piperidine rings is 2. The van der Waals surface area contributed by atoms with Crippen molar-refractivity contribution in [3.63, 3.8) is 0 Å². The Balaban J connectivity index is 0.000000428. The number of carbonyl (C=O) groups excluding carboxylic acids is 1. The number of ketones is 1. The zero-order valence-electron chi connectivity index (χ0n) is 25.3. The molecule has 0 spiro atoms. The summed E-state index contributed by atoms with van der Waals surface area (Å²) in [5.74, 6) is 0.545. The molecule has 0 aliphatic carbocycles. The molecular formula is C30H39ClF8N4O3. The molecule has 0 bridgehead atoms. The first-order chi connectivity index (χ1) is 21.2. The van der Waals surface area contributed by atoms with Crippen molar-refractivity contribution in [2.45, 2.75) is 51.9 Å². The molecular weight excluding hydrogens is 652 g/mol. The number of nitrogens with two attached hydrogens (primary N) is 1. The molecule has 2 aromatic rings. The van der Waals surface area contributed by atoms with Crippen LogP contribution in [0.15, 0.2) is 41.6 Å². The van der Waals surface area contributed by atoms with E-state index in [9.17, 15) is 45.1 Å². The van der Waals surface area contributed by atoms with Gasteiger partial charge in [0.05, 0.1) is 22.4 Å². The zero-order valence-corrected chi connectivity index (χ0v) is 26.2. The predicted molar refractivity (Wildman–Crippen MR) is 158 cm³/mol. The molecule has 2 aliphatic heterocycles. The number of hydrogen-bond donors (Lipinski definition) is 3. The van der Waals surface area contributed by atoms with E-state index in [1.54, 1.807) is 0 Å². The lowest BCUT2D eigenvalue weighted by Crippen LogP contribution is -2.36. The highest BCUT2D eigenvalue weighted by molar-refractivity contribution is 6.02. The number of Topliss-reactive ketones (excluding diaryl/α,β-unsaturated/α-hetero) is 1. The summed E-state index contributed by atoms with van der Waals surface area (Å²) < 4.78 is 103. The quantitative estimate of drug-likeness (QED) is 0.0969. The maximum Gasteiger partial charge on any atom is 0.416 e.